The summed E-state index contributed by atoms with van der Waals surface area (Å²) >= 11 is 1.44. The number of benzene rings is 2. The highest BCUT2D eigenvalue weighted by atomic mass is 32.2. The SMILES string of the molecule is CC(=O)c1cc(Sc2ccc(S(C)(=O)=O)cc2)ccc1N. The minimum atomic E-state index is -3.19. The number of ketones is 1. The maximum atomic E-state index is 11.5. The molecule has 0 spiro atoms. The van der Waals surface area contributed by atoms with Gasteiger partial charge in [-0.25, -0.2) is 8.42 Å². The minimum absolute atomic E-state index is 0.0811. The Kier molecular flexibility index (Phi) is 4.39. The normalized spacial score (nSPS) is 11.3. The summed E-state index contributed by atoms with van der Waals surface area (Å²) in [7, 11) is -3.19. The van der Waals surface area contributed by atoms with E-state index in [0.717, 1.165) is 9.79 Å². The molecule has 0 amide bonds. The second-order valence-electron chi connectivity index (χ2n) is 4.65. The lowest BCUT2D eigenvalue weighted by Gasteiger charge is -2.06. The monoisotopic (exact) mass is 321 g/mol. The van der Waals surface area contributed by atoms with Crippen LogP contribution < -0.4 is 5.73 Å². The topological polar surface area (TPSA) is 77.2 Å². The van der Waals surface area contributed by atoms with Gasteiger partial charge in [-0.3, -0.25) is 4.79 Å². The fourth-order valence-electron chi connectivity index (χ4n) is 1.79. The van der Waals surface area contributed by atoms with Crippen LogP contribution in [0.5, 0.6) is 0 Å². The molecule has 4 nitrogen and oxygen atoms in total. The van der Waals surface area contributed by atoms with Crippen LogP contribution in [0.25, 0.3) is 0 Å². The molecule has 0 saturated heterocycles. The van der Waals surface area contributed by atoms with Gasteiger partial charge in [0.2, 0.25) is 0 Å². The van der Waals surface area contributed by atoms with Crippen molar-refractivity contribution in [1.29, 1.82) is 0 Å². The zero-order valence-corrected chi connectivity index (χ0v) is 13.3. The van der Waals surface area contributed by atoms with E-state index in [-0.39, 0.29) is 10.7 Å². The number of Topliss-reactive ketones (excluding diaryl/α,β-unsaturated/α-hetero) is 1. The molecule has 2 aromatic carbocycles. The van der Waals surface area contributed by atoms with Crippen LogP contribution in [0.15, 0.2) is 57.2 Å². The second-order valence-corrected chi connectivity index (χ2v) is 7.81. The molecular formula is C15H15NO3S2. The summed E-state index contributed by atoms with van der Waals surface area (Å²) in [5.74, 6) is -0.0811. The molecule has 0 saturated carbocycles. The minimum Gasteiger partial charge on any atom is -0.398 e. The van der Waals surface area contributed by atoms with Crippen LogP contribution in [0, 0.1) is 0 Å². The Morgan fingerprint density at radius 2 is 1.62 bits per heavy atom. The maximum Gasteiger partial charge on any atom is 0.175 e. The van der Waals surface area contributed by atoms with Crippen LogP contribution in [0.1, 0.15) is 17.3 Å². The highest BCUT2D eigenvalue weighted by Crippen LogP contribution is 2.30. The van der Waals surface area contributed by atoms with E-state index in [0.29, 0.717) is 11.3 Å². The first-order chi connectivity index (χ1) is 9.77. The molecule has 6 heteroatoms. The van der Waals surface area contributed by atoms with Gasteiger partial charge in [-0.2, -0.15) is 0 Å². The van der Waals surface area contributed by atoms with E-state index in [1.165, 1.54) is 24.9 Å². The van der Waals surface area contributed by atoms with E-state index in [1.807, 2.05) is 6.07 Å². The van der Waals surface area contributed by atoms with Crippen LogP contribution in [0.3, 0.4) is 0 Å². The molecule has 0 radical (unpaired) electrons. The summed E-state index contributed by atoms with van der Waals surface area (Å²) in [6, 6.07) is 11.9. The lowest BCUT2D eigenvalue weighted by Crippen LogP contribution is -1.99. The highest BCUT2D eigenvalue weighted by Gasteiger charge is 2.09. The Morgan fingerprint density at radius 3 is 2.14 bits per heavy atom. The Labute approximate surface area is 128 Å². The van der Waals surface area contributed by atoms with Gasteiger partial charge < -0.3 is 5.73 Å². The number of nitrogen functional groups attached to an aromatic ring is 1. The van der Waals surface area contributed by atoms with Crippen LogP contribution >= 0.6 is 11.8 Å². The lowest BCUT2D eigenvalue weighted by molar-refractivity contribution is 0.101. The first kappa shape index (κ1) is 15.6. The third kappa shape index (κ3) is 3.86. The molecule has 0 unspecified atom stereocenters. The number of hydrogen-bond donors (Lipinski definition) is 1. The molecule has 0 heterocycles. The quantitative estimate of drug-likeness (QED) is 0.692. The van der Waals surface area contributed by atoms with Crippen molar-refractivity contribution >= 4 is 33.1 Å². The van der Waals surface area contributed by atoms with Gasteiger partial charge in [0, 0.05) is 27.3 Å². The van der Waals surface area contributed by atoms with Gasteiger partial charge in [0.15, 0.2) is 15.6 Å². The van der Waals surface area contributed by atoms with E-state index in [2.05, 4.69) is 0 Å². The molecule has 0 aliphatic carbocycles. The molecule has 0 aliphatic heterocycles. The number of carbonyl (C=O) groups excluding carboxylic acids is 1. The average Bonchev–Trinajstić information content (AvgIpc) is 2.40. The molecule has 2 N–H and O–H groups in total. The van der Waals surface area contributed by atoms with E-state index < -0.39 is 9.84 Å². The van der Waals surface area contributed by atoms with Gasteiger partial charge >= 0.3 is 0 Å². The number of nitrogens with two attached hydrogens (primary N) is 1. The molecule has 0 atom stereocenters. The lowest BCUT2D eigenvalue weighted by atomic mass is 10.1. The fourth-order valence-corrected chi connectivity index (χ4v) is 3.28. The first-order valence-electron chi connectivity index (χ1n) is 6.16. The van der Waals surface area contributed by atoms with E-state index in [4.69, 9.17) is 5.73 Å². The van der Waals surface area contributed by atoms with Gasteiger partial charge in [-0.15, -0.1) is 0 Å². The van der Waals surface area contributed by atoms with Crippen LogP contribution in [0.2, 0.25) is 0 Å². The molecule has 2 rings (SSSR count). The number of anilines is 1. The predicted molar refractivity (Wildman–Crippen MR) is 84.5 cm³/mol. The van der Waals surface area contributed by atoms with Gasteiger partial charge in [-0.1, -0.05) is 11.8 Å². The van der Waals surface area contributed by atoms with Crippen molar-refractivity contribution in [2.24, 2.45) is 0 Å². The molecule has 0 aromatic heterocycles. The Morgan fingerprint density at radius 1 is 1.05 bits per heavy atom. The van der Waals surface area contributed by atoms with Crippen molar-refractivity contribution in [2.75, 3.05) is 12.0 Å². The summed E-state index contributed by atoms with van der Waals surface area (Å²) in [6.45, 7) is 1.47. The fraction of sp³-hybridized carbons (Fsp3) is 0.133. The van der Waals surface area contributed by atoms with E-state index in [1.54, 1.807) is 36.4 Å². The smallest absolute Gasteiger partial charge is 0.175 e. The third-order valence-electron chi connectivity index (χ3n) is 2.89. The highest BCUT2D eigenvalue weighted by molar-refractivity contribution is 7.99. The largest absolute Gasteiger partial charge is 0.398 e. The van der Waals surface area contributed by atoms with Crippen molar-refractivity contribution in [3.63, 3.8) is 0 Å². The van der Waals surface area contributed by atoms with Crippen LogP contribution in [0.4, 0.5) is 5.69 Å². The zero-order chi connectivity index (χ0) is 15.6. The van der Waals surface area contributed by atoms with E-state index in [9.17, 15) is 13.2 Å². The van der Waals surface area contributed by atoms with Crippen molar-refractivity contribution in [3.05, 3.63) is 48.0 Å². The number of hydrogen-bond acceptors (Lipinski definition) is 5. The number of carbonyl (C=O) groups is 1. The summed E-state index contributed by atoms with van der Waals surface area (Å²) in [5.41, 5.74) is 6.71. The average molecular weight is 321 g/mol. The van der Waals surface area contributed by atoms with Gasteiger partial charge in [-0.05, 0) is 49.4 Å². The second kappa shape index (κ2) is 5.91. The molecule has 0 aliphatic rings. The molecule has 0 fully saturated rings. The molecule has 110 valence electrons. The standard InChI is InChI=1S/C15H15NO3S2/c1-10(17)14-9-12(5-8-15(14)16)20-11-3-6-13(7-4-11)21(2,18)19/h3-9H,16H2,1-2H3. The van der Waals surface area contributed by atoms with Crippen molar-refractivity contribution in [2.45, 2.75) is 21.6 Å². The van der Waals surface area contributed by atoms with Gasteiger partial charge in [0.05, 0.1) is 4.90 Å². The summed E-state index contributed by atoms with van der Waals surface area (Å²) in [4.78, 5) is 13.5. The molecule has 21 heavy (non-hydrogen) atoms. The van der Waals surface area contributed by atoms with Crippen molar-refractivity contribution in [1.82, 2.24) is 0 Å². The molecular weight excluding hydrogens is 306 g/mol. The van der Waals surface area contributed by atoms with Crippen LogP contribution in [-0.4, -0.2) is 20.5 Å². The summed E-state index contributed by atoms with van der Waals surface area (Å²) in [5, 5.41) is 0. The molecule has 0 bridgehead atoms. The Hall–Kier alpha value is -1.79. The number of rotatable bonds is 4. The van der Waals surface area contributed by atoms with Crippen LogP contribution in [-0.2, 0) is 9.84 Å². The Bertz CT molecular complexity index is 781. The Balaban J connectivity index is 2.26. The zero-order valence-electron chi connectivity index (χ0n) is 11.7. The maximum absolute atomic E-state index is 11.5. The predicted octanol–water partition coefficient (Wildman–Crippen LogP) is 3.03. The molecule has 2 aromatic rings. The third-order valence-corrected chi connectivity index (χ3v) is 5.02. The summed E-state index contributed by atoms with van der Waals surface area (Å²) in [6.07, 6.45) is 1.17. The summed E-state index contributed by atoms with van der Waals surface area (Å²) < 4.78 is 22.8. The number of sulfone groups is 1. The van der Waals surface area contributed by atoms with E-state index >= 15 is 0 Å². The van der Waals surface area contributed by atoms with Crippen molar-refractivity contribution < 1.29 is 13.2 Å². The van der Waals surface area contributed by atoms with Gasteiger partial charge in [0.25, 0.3) is 0 Å². The van der Waals surface area contributed by atoms with Gasteiger partial charge in [0.1, 0.15) is 0 Å². The van der Waals surface area contributed by atoms with Crippen molar-refractivity contribution in [3.8, 4) is 0 Å². The first-order valence-corrected chi connectivity index (χ1v) is 8.86.